The van der Waals surface area contributed by atoms with Crippen LogP contribution in [0, 0.1) is 11.7 Å². The van der Waals surface area contributed by atoms with Crippen LogP contribution in [0.15, 0.2) is 48.5 Å². The van der Waals surface area contributed by atoms with Crippen LogP contribution in [0.3, 0.4) is 0 Å². The molecule has 28 heavy (non-hydrogen) atoms. The van der Waals surface area contributed by atoms with E-state index in [2.05, 4.69) is 10.6 Å². The number of ether oxygens (including phenoxy) is 1. The van der Waals surface area contributed by atoms with Gasteiger partial charge in [0.15, 0.2) is 6.61 Å². The second-order valence-corrected chi connectivity index (χ2v) is 6.75. The van der Waals surface area contributed by atoms with Crippen LogP contribution in [0.1, 0.15) is 24.2 Å². The number of anilines is 1. The Balaban J connectivity index is 1.94. The number of benzene rings is 2. The van der Waals surface area contributed by atoms with Gasteiger partial charge < -0.3 is 15.4 Å². The fourth-order valence-corrected chi connectivity index (χ4v) is 2.57. The summed E-state index contributed by atoms with van der Waals surface area (Å²) in [5, 5.41) is 5.25. The van der Waals surface area contributed by atoms with E-state index in [0.717, 1.165) is 6.07 Å². The Morgan fingerprint density at radius 1 is 1.11 bits per heavy atom. The lowest BCUT2D eigenvalue weighted by molar-refractivity contribution is -0.150. The Kier molecular flexibility index (Phi) is 7.52. The van der Waals surface area contributed by atoms with Crippen LogP contribution in [0.25, 0.3) is 0 Å². The third kappa shape index (κ3) is 6.06. The maximum Gasteiger partial charge on any atom is 0.329 e. The molecule has 0 aliphatic carbocycles. The number of amides is 2. The molecule has 0 fully saturated rings. The van der Waals surface area contributed by atoms with E-state index in [1.807, 2.05) is 0 Å². The van der Waals surface area contributed by atoms with Crippen molar-refractivity contribution >= 4 is 35.1 Å². The smallest absolute Gasteiger partial charge is 0.329 e. The molecule has 2 aromatic carbocycles. The molecule has 2 aromatic rings. The highest BCUT2D eigenvalue weighted by atomic mass is 35.5. The average molecular weight is 407 g/mol. The molecule has 0 saturated heterocycles. The Labute approximate surface area is 167 Å². The van der Waals surface area contributed by atoms with Crippen molar-refractivity contribution in [2.45, 2.75) is 19.9 Å². The molecular weight excluding hydrogens is 387 g/mol. The first kappa shape index (κ1) is 21.4. The third-order valence-corrected chi connectivity index (χ3v) is 4.11. The molecule has 148 valence electrons. The highest BCUT2D eigenvalue weighted by Gasteiger charge is 2.27. The second kappa shape index (κ2) is 9.85. The Morgan fingerprint density at radius 2 is 1.82 bits per heavy atom. The lowest BCUT2D eigenvalue weighted by Gasteiger charge is -2.21. The fourth-order valence-electron chi connectivity index (χ4n) is 2.35. The van der Waals surface area contributed by atoms with Crippen LogP contribution in [-0.2, 0) is 14.3 Å². The quantitative estimate of drug-likeness (QED) is 0.690. The summed E-state index contributed by atoms with van der Waals surface area (Å²) in [7, 11) is 0. The van der Waals surface area contributed by atoms with Crippen molar-refractivity contribution in [3.05, 3.63) is 64.9 Å². The van der Waals surface area contributed by atoms with Gasteiger partial charge in [0.05, 0.1) is 10.6 Å². The number of rotatable bonds is 7. The number of carbonyl (C=O) groups is 3. The van der Waals surface area contributed by atoms with Crippen LogP contribution in [0.5, 0.6) is 0 Å². The second-order valence-electron chi connectivity index (χ2n) is 6.34. The van der Waals surface area contributed by atoms with Crippen molar-refractivity contribution in [2.75, 3.05) is 11.9 Å². The van der Waals surface area contributed by atoms with E-state index in [-0.39, 0.29) is 22.2 Å². The summed E-state index contributed by atoms with van der Waals surface area (Å²) in [4.78, 5) is 36.6. The average Bonchev–Trinajstić information content (AvgIpc) is 2.64. The molecule has 2 amide bonds. The first-order valence-electron chi connectivity index (χ1n) is 8.55. The van der Waals surface area contributed by atoms with Gasteiger partial charge in [0.25, 0.3) is 11.8 Å². The first-order chi connectivity index (χ1) is 13.3. The topological polar surface area (TPSA) is 84.5 Å². The molecule has 0 spiro atoms. The van der Waals surface area contributed by atoms with E-state index in [0.29, 0.717) is 0 Å². The first-order valence-corrected chi connectivity index (χ1v) is 8.93. The van der Waals surface area contributed by atoms with Crippen LogP contribution >= 0.6 is 11.6 Å². The highest BCUT2D eigenvalue weighted by molar-refractivity contribution is 6.33. The Hall–Kier alpha value is -2.93. The summed E-state index contributed by atoms with van der Waals surface area (Å²) in [5.41, 5.74) is 0.472. The van der Waals surface area contributed by atoms with Crippen LogP contribution < -0.4 is 10.6 Å². The van der Waals surface area contributed by atoms with Crippen molar-refractivity contribution in [1.82, 2.24) is 5.32 Å². The third-order valence-electron chi connectivity index (χ3n) is 3.78. The van der Waals surface area contributed by atoms with Gasteiger partial charge in [0.1, 0.15) is 11.9 Å². The fraction of sp³-hybridized carbons (Fsp3) is 0.250. The SMILES string of the molecule is CC(C)[C@H](NC(=O)c1ccccc1Cl)C(=O)OCC(=O)Nc1cccc(F)c1. The van der Waals surface area contributed by atoms with Gasteiger partial charge in [-0.25, -0.2) is 9.18 Å². The van der Waals surface area contributed by atoms with Crippen molar-refractivity contribution in [1.29, 1.82) is 0 Å². The molecule has 0 aliphatic heterocycles. The lowest BCUT2D eigenvalue weighted by Crippen LogP contribution is -2.46. The van der Waals surface area contributed by atoms with Crippen LogP contribution in [-0.4, -0.2) is 30.4 Å². The van der Waals surface area contributed by atoms with E-state index < -0.39 is 36.2 Å². The molecule has 2 N–H and O–H groups in total. The largest absolute Gasteiger partial charge is 0.454 e. The number of carbonyl (C=O) groups excluding carboxylic acids is 3. The summed E-state index contributed by atoms with van der Waals surface area (Å²) < 4.78 is 18.1. The molecule has 1 atom stereocenters. The monoisotopic (exact) mass is 406 g/mol. The number of halogens is 2. The standard InChI is InChI=1S/C20H20ClFN2O4/c1-12(2)18(24-19(26)15-8-3-4-9-16(15)21)20(27)28-11-17(25)23-14-7-5-6-13(22)10-14/h3-10,12,18H,11H2,1-2H3,(H,23,25)(H,24,26)/t18-/m0/s1. The molecule has 0 bridgehead atoms. The van der Waals surface area contributed by atoms with Gasteiger partial charge in [0, 0.05) is 5.69 Å². The summed E-state index contributed by atoms with van der Waals surface area (Å²) in [6, 6.07) is 10.8. The van der Waals surface area contributed by atoms with E-state index in [4.69, 9.17) is 16.3 Å². The Morgan fingerprint density at radius 3 is 2.46 bits per heavy atom. The van der Waals surface area contributed by atoms with Gasteiger partial charge >= 0.3 is 5.97 Å². The zero-order valence-corrected chi connectivity index (χ0v) is 16.1. The molecular formula is C20H20ClFN2O4. The Bertz CT molecular complexity index is 873. The van der Waals surface area contributed by atoms with Gasteiger partial charge in [-0.15, -0.1) is 0 Å². The van der Waals surface area contributed by atoms with E-state index in [9.17, 15) is 18.8 Å². The number of nitrogens with one attached hydrogen (secondary N) is 2. The normalized spacial score (nSPS) is 11.6. The van der Waals surface area contributed by atoms with Gasteiger partial charge in [-0.1, -0.05) is 43.6 Å². The van der Waals surface area contributed by atoms with Crippen molar-refractivity contribution in [2.24, 2.45) is 5.92 Å². The zero-order valence-electron chi connectivity index (χ0n) is 15.4. The molecule has 0 aromatic heterocycles. The minimum absolute atomic E-state index is 0.228. The number of hydrogen-bond acceptors (Lipinski definition) is 4. The minimum Gasteiger partial charge on any atom is -0.454 e. The minimum atomic E-state index is -0.967. The summed E-state index contributed by atoms with van der Waals surface area (Å²) in [6.07, 6.45) is 0. The zero-order chi connectivity index (χ0) is 20.7. The molecule has 8 heteroatoms. The van der Waals surface area contributed by atoms with Gasteiger partial charge in [-0.05, 0) is 36.2 Å². The predicted octanol–water partition coefficient (Wildman–Crippen LogP) is 3.42. The van der Waals surface area contributed by atoms with Crippen LogP contribution in [0.2, 0.25) is 5.02 Å². The molecule has 0 heterocycles. The van der Waals surface area contributed by atoms with E-state index in [1.54, 1.807) is 32.0 Å². The number of esters is 1. The summed E-state index contributed by atoms with van der Waals surface area (Å²) in [6.45, 7) is 2.89. The molecule has 6 nitrogen and oxygen atoms in total. The van der Waals surface area contributed by atoms with Crippen molar-refractivity contribution in [3.8, 4) is 0 Å². The highest BCUT2D eigenvalue weighted by Crippen LogP contribution is 2.16. The van der Waals surface area contributed by atoms with Crippen molar-refractivity contribution < 1.29 is 23.5 Å². The maximum absolute atomic E-state index is 13.1. The molecule has 0 unspecified atom stereocenters. The van der Waals surface area contributed by atoms with Crippen molar-refractivity contribution in [3.63, 3.8) is 0 Å². The maximum atomic E-state index is 13.1. The van der Waals surface area contributed by atoms with Gasteiger partial charge in [0.2, 0.25) is 0 Å². The summed E-state index contributed by atoms with van der Waals surface area (Å²) in [5.74, 6) is -2.70. The lowest BCUT2D eigenvalue weighted by atomic mass is 10.0. The van der Waals surface area contributed by atoms with Gasteiger partial charge in [-0.2, -0.15) is 0 Å². The van der Waals surface area contributed by atoms with Gasteiger partial charge in [-0.3, -0.25) is 9.59 Å². The molecule has 0 aliphatic rings. The predicted molar refractivity (Wildman–Crippen MR) is 104 cm³/mol. The summed E-state index contributed by atoms with van der Waals surface area (Å²) >= 11 is 6.00. The van der Waals surface area contributed by atoms with Crippen LogP contribution in [0.4, 0.5) is 10.1 Å². The molecule has 0 saturated carbocycles. The molecule has 2 rings (SSSR count). The molecule has 0 radical (unpaired) electrons. The van der Waals surface area contributed by atoms with E-state index in [1.165, 1.54) is 24.3 Å². The van der Waals surface area contributed by atoms with E-state index >= 15 is 0 Å². The number of hydrogen-bond donors (Lipinski definition) is 2.